The largest absolute Gasteiger partial charge is 0.324 e. The van der Waals surface area contributed by atoms with Gasteiger partial charge in [-0.3, -0.25) is 4.98 Å². The lowest BCUT2D eigenvalue weighted by molar-refractivity contribution is 0.560. The van der Waals surface area contributed by atoms with Crippen LogP contribution < -0.4 is 10.5 Å². The number of benzene rings is 1. The van der Waals surface area contributed by atoms with Crippen LogP contribution in [0.15, 0.2) is 23.2 Å². The first kappa shape index (κ1) is 16.9. The molecule has 25 heavy (non-hydrogen) atoms. The lowest BCUT2D eigenvalue weighted by atomic mass is 10.0. The number of hydrogen-bond donors (Lipinski definition) is 2. The Balaban J connectivity index is 1.94. The van der Waals surface area contributed by atoms with Crippen LogP contribution in [0, 0.1) is 5.92 Å². The summed E-state index contributed by atoms with van der Waals surface area (Å²) in [4.78, 5) is 4.99. The number of nitrogens with two attached hydrogens (primary N) is 1. The fourth-order valence-electron chi connectivity index (χ4n) is 3.64. The maximum absolute atomic E-state index is 13.1. The van der Waals surface area contributed by atoms with Gasteiger partial charge in [0.2, 0.25) is 10.0 Å². The molecule has 0 saturated heterocycles. The molecule has 1 unspecified atom stereocenters. The highest BCUT2D eigenvalue weighted by atomic mass is 32.2. The van der Waals surface area contributed by atoms with Crippen LogP contribution in [0.1, 0.15) is 61.9 Å². The van der Waals surface area contributed by atoms with Gasteiger partial charge in [0.1, 0.15) is 0 Å². The molecule has 134 valence electrons. The molecule has 2 aliphatic rings. The maximum Gasteiger partial charge on any atom is 0.241 e. The number of pyridine rings is 1. The SMILES string of the molecule is CC(C)CNS(=O)(=O)c1c2c(cc3cnc(C4CC4)cc13)C(N)CC2. The van der Waals surface area contributed by atoms with E-state index in [2.05, 4.69) is 9.71 Å². The predicted molar refractivity (Wildman–Crippen MR) is 99.0 cm³/mol. The van der Waals surface area contributed by atoms with Gasteiger partial charge in [-0.2, -0.15) is 0 Å². The molecule has 1 atom stereocenters. The van der Waals surface area contributed by atoms with E-state index in [4.69, 9.17) is 5.73 Å². The van der Waals surface area contributed by atoms with Crippen molar-refractivity contribution >= 4 is 20.8 Å². The van der Waals surface area contributed by atoms with Gasteiger partial charge < -0.3 is 5.73 Å². The van der Waals surface area contributed by atoms with E-state index >= 15 is 0 Å². The Morgan fingerprint density at radius 1 is 1.28 bits per heavy atom. The van der Waals surface area contributed by atoms with E-state index in [0.29, 0.717) is 23.8 Å². The first-order valence-electron chi connectivity index (χ1n) is 9.07. The summed E-state index contributed by atoms with van der Waals surface area (Å²) >= 11 is 0. The van der Waals surface area contributed by atoms with Crippen LogP contribution >= 0.6 is 0 Å². The Hall–Kier alpha value is -1.50. The standard InChI is InChI=1S/C19H25N3O2S/c1-11(2)9-22-25(23,24)19-14-5-6-17(20)16(14)7-13-10-21-18(8-15(13)19)12-3-4-12/h7-8,10-12,17,22H,3-6,9,20H2,1-2H3. The van der Waals surface area contributed by atoms with Gasteiger partial charge in [0, 0.05) is 41.2 Å². The minimum absolute atomic E-state index is 0.0958. The summed E-state index contributed by atoms with van der Waals surface area (Å²) in [5, 5.41) is 1.66. The van der Waals surface area contributed by atoms with Crippen molar-refractivity contribution in [3.63, 3.8) is 0 Å². The summed E-state index contributed by atoms with van der Waals surface area (Å²) in [6, 6.07) is 3.93. The monoisotopic (exact) mass is 359 g/mol. The highest BCUT2D eigenvalue weighted by molar-refractivity contribution is 7.89. The molecule has 1 aromatic carbocycles. The predicted octanol–water partition coefficient (Wildman–Crippen LogP) is 2.99. The first-order valence-corrected chi connectivity index (χ1v) is 10.6. The van der Waals surface area contributed by atoms with Crippen molar-refractivity contribution in [3.05, 3.63) is 35.2 Å². The second kappa shape index (κ2) is 6.04. The molecule has 1 saturated carbocycles. The fourth-order valence-corrected chi connectivity index (χ4v) is 5.35. The zero-order valence-corrected chi connectivity index (χ0v) is 15.6. The molecular formula is C19H25N3O2S. The molecule has 6 heteroatoms. The van der Waals surface area contributed by atoms with Crippen LogP contribution in [0.25, 0.3) is 10.8 Å². The Bertz CT molecular complexity index is 933. The summed E-state index contributed by atoms with van der Waals surface area (Å²) in [7, 11) is -3.59. The lowest BCUT2D eigenvalue weighted by Crippen LogP contribution is -2.28. The molecule has 1 heterocycles. The molecule has 0 amide bonds. The lowest BCUT2D eigenvalue weighted by Gasteiger charge is -2.16. The average molecular weight is 359 g/mol. The topological polar surface area (TPSA) is 85.1 Å². The Labute approximate surface area is 149 Å². The molecule has 3 N–H and O–H groups in total. The normalized spacial score (nSPS) is 20.4. The molecule has 0 radical (unpaired) electrons. The molecular weight excluding hydrogens is 334 g/mol. The molecule has 5 nitrogen and oxygen atoms in total. The van der Waals surface area contributed by atoms with Gasteiger partial charge in [-0.05, 0) is 54.9 Å². The summed E-state index contributed by atoms with van der Waals surface area (Å²) in [5.41, 5.74) is 9.08. The minimum Gasteiger partial charge on any atom is -0.324 e. The van der Waals surface area contributed by atoms with Gasteiger partial charge in [-0.25, -0.2) is 13.1 Å². The fraction of sp³-hybridized carbons (Fsp3) is 0.526. The molecule has 1 aromatic heterocycles. The molecule has 2 aromatic rings. The number of aromatic nitrogens is 1. The van der Waals surface area contributed by atoms with E-state index in [0.717, 1.165) is 46.9 Å². The van der Waals surface area contributed by atoms with Gasteiger partial charge in [0.05, 0.1) is 4.90 Å². The third-order valence-corrected chi connectivity index (χ3v) is 6.74. The van der Waals surface area contributed by atoms with Gasteiger partial charge in [-0.1, -0.05) is 13.8 Å². The Kier molecular flexibility index (Phi) is 4.09. The Morgan fingerprint density at radius 2 is 2.04 bits per heavy atom. The van der Waals surface area contributed by atoms with Gasteiger partial charge in [-0.15, -0.1) is 0 Å². The number of hydrogen-bond acceptors (Lipinski definition) is 4. The van der Waals surface area contributed by atoms with E-state index in [1.54, 1.807) is 0 Å². The van der Waals surface area contributed by atoms with Gasteiger partial charge in [0.25, 0.3) is 0 Å². The minimum atomic E-state index is -3.59. The van der Waals surface area contributed by atoms with E-state index < -0.39 is 10.0 Å². The van der Waals surface area contributed by atoms with Crippen molar-refractivity contribution in [2.45, 2.75) is 56.4 Å². The quantitative estimate of drug-likeness (QED) is 0.859. The van der Waals surface area contributed by atoms with E-state index in [1.165, 1.54) is 0 Å². The van der Waals surface area contributed by atoms with Crippen molar-refractivity contribution in [1.29, 1.82) is 0 Å². The van der Waals surface area contributed by atoms with E-state index in [9.17, 15) is 8.42 Å². The molecule has 2 aliphatic carbocycles. The van der Waals surface area contributed by atoms with Crippen LogP contribution in [0.2, 0.25) is 0 Å². The zero-order chi connectivity index (χ0) is 17.8. The Morgan fingerprint density at radius 3 is 2.72 bits per heavy atom. The third-order valence-electron chi connectivity index (χ3n) is 5.18. The highest BCUT2D eigenvalue weighted by Crippen LogP contribution is 2.43. The highest BCUT2D eigenvalue weighted by Gasteiger charge is 2.31. The third kappa shape index (κ3) is 3.07. The molecule has 0 bridgehead atoms. The van der Waals surface area contributed by atoms with E-state index in [-0.39, 0.29) is 12.0 Å². The summed E-state index contributed by atoms with van der Waals surface area (Å²) in [6.07, 6.45) is 5.60. The number of nitrogens with one attached hydrogen (secondary N) is 1. The maximum atomic E-state index is 13.1. The van der Waals surface area contributed by atoms with Crippen molar-refractivity contribution < 1.29 is 8.42 Å². The summed E-state index contributed by atoms with van der Waals surface area (Å²) in [6.45, 7) is 4.43. The van der Waals surface area contributed by atoms with Crippen molar-refractivity contribution in [1.82, 2.24) is 9.71 Å². The number of sulfonamides is 1. The second-order valence-corrected chi connectivity index (χ2v) is 9.47. The molecule has 0 aliphatic heterocycles. The van der Waals surface area contributed by atoms with Crippen LogP contribution in [0.3, 0.4) is 0 Å². The number of rotatable bonds is 5. The van der Waals surface area contributed by atoms with E-state index in [1.807, 2.05) is 32.2 Å². The molecule has 0 spiro atoms. The van der Waals surface area contributed by atoms with Crippen LogP contribution in [0.5, 0.6) is 0 Å². The summed E-state index contributed by atoms with van der Waals surface area (Å²) < 4.78 is 29.1. The van der Waals surface area contributed by atoms with Crippen LogP contribution in [-0.2, 0) is 16.4 Å². The number of nitrogens with zero attached hydrogens (tertiary/aromatic N) is 1. The number of fused-ring (bicyclic) bond motifs is 2. The van der Waals surface area contributed by atoms with Crippen LogP contribution in [-0.4, -0.2) is 19.9 Å². The van der Waals surface area contributed by atoms with Gasteiger partial charge in [0.15, 0.2) is 0 Å². The van der Waals surface area contributed by atoms with Crippen LogP contribution in [0.4, 0.5) is 0 Å². The van der Waals surface area contributed by atoms with Gasteiger partial charge >= 0.3 is 0 Å². The second-order valence-electron chi connectivity index (χ2n) is 7.77. The first-order chi connectivity index (χ1) is 11.9. The molecule has 1 fully saturated rings. The summed E-state index contributed by atoms with van der Waals surface area (Å²) in [5.74, 6) is 0.739. The zero-order valence-electron chi connectivity index (χ0n) is 14.7. The average Bonchev–Trinajstić information content (AvgIpc) is 3.35. The smallest absolute Gasteiger partial charge is 0.241 e. The van der Waals surface area contributed by atoms with Crippen molar-refractivity contribution in [3.8, 4) is 0 Å². The molecule has 4 rings (SSSR count). The van der Waals surface area contributed by atoms with Crippen molar-refractivity contribution in [2.75, 3.05) is 6.54 Å². The van der Waals surface area contributed by atoms with Crippen molar-refractivity contribution in [2.24, 2.45) is 11.7 Å².